The fraction of sp³-hybridized carbons (Fsp3) is 0.333. The standard InChI is InChI=1S/C12H16ClN3O2/c1-8-6-9(13)4-5-10(8)15-12(18)14-7-11(17)16(2)3/h4-6H,7H2,1-3H3,(H2,14,15,18). The highest BCUT2D eigenvalue weighted by Gasteiger charge is 2.08. The summed E-state index contributed by atoms with van der Waals surface area (Å²) in [5.74, 6) is -0.169. The topological polar surface area (TPSA) is 61.4 Å². The number of hydrogen-bond donors (Lipinski definition) is 2. The lowest BCUT2D eigenvalue weighted by molar-refractivity contribution is -0.127. The van der Waals surface area contributed by atoms with Gasteiger partial charge in [0.25, 0.3) is 0 Å². The molecule has 1 aromatic carbocycles. The van der Waals surface area contributed by atoms with Crippen LogP contribution < -0.4 is 10.6 Å². The summed E-state index contributed by atoms with van der Waals surface area (Å²) in [6, 6.07) is 4.73. The van der Waals surface area contributed by atoms with Crippen molar-refractivity contribution in [3.63, 3.8) is 0 Å². The first-order valence-electron chi connectivity index (χ1n) is 5.41. The molecule has 0 bridgehead atoms. The van der Waals surface area contributed by atoms with Gasteiger partial charge in [-0.2, -0.15) is 0 Å². The summed E-state index contributed by atoms with van der Waals surface area (Å²) in [5, 5.41) is 5.74. The second-order valence-electron chi connectivity index (χ2n) is 4.06. The summed E-state index contributed by atoms with van der Waals surface area (Å²) in [6.45, 7) is 1.80. The lowest BCUT2D eigenvalue weighted by atomic mass is 10.2. The van der Waals surface area contributed by atoms with E-state index in [0.717, 1.165) is 5.56 Å². The van der Waals surface area contributed by atoms with E-state index in [9.17, 15) is 9.59 Å². The van der Waals surface area contributed by atoms with Crippen LogP contribution in [0.3, 0.4) is 0 Å². The first-order valence-corrected chi connectivity index (χ1v) is 5.79. The highest BCUT2D eigenvalue weighted by molar-refractivity contribution is 6.30. The Kier molecular flexibility index (Phi) is 4.97. The molecule has 0 unspecified atom stereocenters. The molecule has 1 aromatic rings. The molecule has 0 aromatic heterocycles. The van der Waals surface area contributed by atoms with Crippen LogP contribution in [0, 0.1) is 6.92 Å². The molecule has 18 heavy (non-hydrogen) atoms. The second kappa shape index (κ2) is 6.26. The number of likely N-dealkylation sites (N-methyl/N-ethyl adjacent to an activating group) is 1. The Morgan fingerprint density at radius 2 is 2.00 bits per heavy atom. The van der Waals surface area contributed by atoms with Crippen LogP contribution in [0.1, 0.15) is 5.56 Å². The van der Waals surface area contributed by atoms with E-state index in [1.807, 2.05) is 6.92 Å². The normalized spacial score (nSPS) is 9.78. The molecule has 0 heterocycles. The van der Waals surface area contributed by atoms with Crippen LogP contribution >= 0.6 is 11.6 Å². The Morgan fingerprint density at radius 1 is 1.33 bits per heavy atom. The number of aryl methyl sites for hydroxylation is 1. The Hall–Kier alpha value is -1.75. The molecule has 0 aliphatic heterocycles. The zero-order valence-corrected chi connectivity index (χ0v) is 11.3. The number of halogens is 1. The molecule has 0 saturated heterocycles. The molecular formula is C12H16ClN3O2. The van der Waals surface area contributed by atoms with Crippen LogP contribution in [0.2, 0.25) is 5.02 Å². The number of benzene rings is 1. The van der Waals surface area contributed by atoms with Gasteiger partial charge in [0.05, 0.1) is 6.54 Å². The van der Waals surface area contributed by atoms with E-state index in [0.29, 0.717) is 10.7 Å². The fourth-order valence-electron chi connectivity index (χ4n) is 1.25. The molecule has 98 valence electrons. The van der Waals surface area contributed by atoms with Crippen molar-refractivity contribution in [2.75, 3.05) is 26.0 Å². The van der Waals surface area contributed by atoms with Crippen LogP contribution in [0.5, 0.6) is 0 Å². The van der Waals surface area contributed by atoms with Crippen molar-refractivity contribution in [1.82, 2.24) is 10.2 Å². The molecule has 0 saturated carbocycles. The van der Waals surface area contributed by atoms with E-state index in [1.165, 1.54) is 4.90 Å². The predicted octanol–water partition coefficient (Wildman–Crippen LogP) is 1.86. The molecule has 2 N–H and O–H groups in total. The maximum Gasteiger partial charge on any atom is 0.319 e. The van der Waals surface area contributed by atoms with Crippen molar-refractivity contribution >= 4 is 29.2 Å². The maximum atomic E-state index is 11.6. The van der Waals surface area contributed by atoms with Crippen molar-refractivity contribution in [2.24, 2.45) is 0 Å². The third-order valence-corrected chi connectivity index (χ3v) is 2.57. The molecule has 5 nitrogen and oxygen atoms in total. The molecule has 0 aliphatic rings. The Labute approximate surface area is 111 Å². The van der Waals surface area contributed by atoms with Crippen molar-refractivity contribution in [3.8, 4) is 0 Å². The highest BCUT2D eigenvalue weighted by atomic mass is 35.5. The van der Waals surface area contributed by atoms with Gasteiger partial charge in [0, 0.05) is 24.8 Å². The number of carbonyl (C=O) groups excluding carboxylic acids is 2. The summed E-state index contributed by atoms with van der Waals surface area (Å²) in [5.41, 5.74) is 1.52. The number of carbonyl (C=O) groups is 2. The smallest absolute Gasteiger partial charge is 0.319 e. The van der Waals surface area contributed by atoms with E-state index in [4.69, 9.17) is 11.6 Å². The van der Waals surface area contributed by atoms with Crippen molar-refractivity contribution in [3.05, 3.63) is 28.8 Å². The number of nitrogens with zero attached hydrogens (tertiary/aromatic N) is 1. The highest BCUT2D eigenvalue weighted by Crippen LogP contribution is 2.19. The van der Waals surface area contributed by atoms with Gasteiger partial charge >= 0.3 is 6.03 Å². The fourth-order valence-corrected chi connectivity index (χ4v) is 1.47. The Balaban J connectivity index is 2.52. The van der Waals surface area contributed by atoms with Gasteiger partial charge in [-0.3, -0.25) is 4.79 Å². The summed E-state index contributed by atoms with van der Waals surface area (Å²) in [4.78, 5) is 24.2. The lowest BCUT2D eigenvalue weighted by Crippen LogP contribution is -2.38. The van der Waals surface area contributed by atoms with Crippen LogP contribution in [0.4, 0.5) is 10.5 Å². The van der Waals surface area contributed by atoms with Gasteiger partial charge in [-0.1, -0.05) is 11.6 Å². The lowest BCUT2D eigenvalue weighted by Gasteiger charge is -2.12. The molecule has 3 amide bonds. The SMILES string of the molecule is Cc1cc(Cl)ccc1NC(=O)NCC(=O)N(C)C. The average molecular weight is 270 g/mol. The van der Waals surface area contributed by atoms with Gasteiger partial charge in [-0.25, -0.2) is 4.79 Å². The number of hydrogen-bond acceptors (Lipinski definition) is 2. The Bertz CT molecular complexity index is 461. The van der Waals surface area contributed by atoms with E-state index in [-0.39, 0.29) is 12.5 Å². The van der Waals surface area contributed by atoms with E-state index < -0.39 is 6.03 Å². The Morgan fingerprint density at radius 3 is 2.56 bits per heavy atom. The first kappa shape index (κ1) is 14.3. The van der Waals surface area contributed by atoms with Crippen LogP contribution in [0.15, 0.2) is 18.2 Å². The quantitative estimate of drug-likeness (QED) is 0.880. The largest absolute Gasteiger partial charge is 0.347 e. The summed E-state index contributed by atoms with van der Waals surface area (Å²) < 4.78 is 0. The van der Waals surface area contributed by atoms with Crippen molar-refractivity contribution in [1.29, 1.82) is 0 Å². The van der Waals surface area contributed by atoms with E-state index in [1.54, 1.807) is 32.3 Å². The minimum atomic E-state index is -0.421. The molecular weight excluding hydrogens is 254 g/mol. The minimum Gasteiger partial charge on any atom is -0.347 e. The van der Waals surface area contributed by atoms with Crippen LogP contribution in [-0.4, -0.2) is 37.5 Å². The minimum absolute atomic E-state index is 0.0362. The molecule has 0 radical (unpaired) electrons. The number of nitrogens with one attached hydrogen (secondary N) is 2. The summed E-state index contributed by atoms with van der Waals surface area (Å²) >= 11 is 5.81. The van der Waals surface area contributed by atoms with Gasteiger partial charge < -0.3 is 15.5 Å². The van der Waals surface area contributed by atoms with Crippen molar-refractivity contribution < 1.29 is 9.59 Å². The van der Waals surface area contributed by atoms with Crippen molar-refractivity contribution in [2.45, 2.75) is 6.92 Å². The zero-order chi connectivity index (χ0) is 13.7. The molecule has 0 aliphatic carbocycles. The number of anilines is 1. The molecule has 0 atom stereocenters. The molecule has 6 heteroatoms. The third kappa shape index (κ3) is 4.25. The third-order valence-electron chi connectivity index (χ3n) is 2.34. The predicted molar refractivity (Wildman–Crippen MR) is 71.9 cm³/mol. The van der Waals surface area contributed by atoms with Gasteiger partial charge in [0.1, 0.15) is 0 Å². The van der Waals surface area contributed by atoms with Gasteiger partial charge in [-0.05, 0) is 30.7 Å². The summed E-state index contributed by atoms with van der Waals surface area (Å²) in [7, 11) is 3.26. The first-order chi connectivity index (χ1) is 8.40. The average Bonchev–Trinajstić information content (AvgIpc) is 2.29. The van der Waals surface area contributed by atoms with E-state index >= 15 is 0 Å². The monoisotopic (exact) mass is 269 g/mol. The number of amides is 3. The zero-order valence-electron chi connectivity index (χ0n) is 10.6. The van der Waals surface area contributed by atoms with Gasteiger partial charge in [0.15, 0.2) is 0 Å². The molecule has 0 fully saturated rings. The number of urea groups is 1. The van der Waals surface area contributed by atoms with E-state index in [2.05, 4.69) is 10.6 Å². The maximum absolute atomic E-state index is 11.6. The summed E-state index contributed by atoms with van der Waals surface area (Å²) in [6.07, 6.45) is 0. The van der Waals surface area contributed by atoms with Crippen LogP contribution in [-0.2, 0) is 4.79 Å². The van der Waals surface area contributed by atoms with Gasteiger partial charge in [0.2, 0.25) is 5.91 Å². The van der Waals surface area contributed by atoms with Crippen LogP contribution in [0.25, 0.3) is 0 Å². The van der Waals surface area contributed by atoms with Gasteiger partial charge in [-0.15, -0.1) is 0 Å². The second-order valence-corrected chi connectivity index (χ2v) is 4.49. The number of rotatable bonds is 3. The molecule has 0 spiro atoms. The molecule has 1 rings (SSSR count).